The van der Waals surface area contributed by atoms with Crippen LogP contribution in [0.15, 0.2) is 70.3 Å². The predicted molar refractivity (Wildman–Crippen MR) is 140 cm³/mol. The molecule has 3 aromatic carbocycles. The molecule has 0 atom stereocenters. The smallest absolute Gasteiger partial charge is 0.339 e. The van der Waals surface area contributed by atoms with Gasteiger partial charge in [0.2, 0.25) is 5.91 Å². The monoisotopic (exact) mass is 540 g/mol. The molecule has 0 aliphatic carbocycles. The number of carbonyl (C=O) groups is 3. The van der Waals surface area contributed by atoms with Crippen molar-refractivity contribution in [2.24, 2.45) is 0 Å². The van der Waals surface area contributed by atoms with E-state index in [4.69, 9.17) is 27.9 Å². The Balaban J connectivity index is 1.63. The van der Waals surface area contributed by atoms with Gasteiger partial charge in [0.1, 0.15) is 6.54 Å². The summed E-state index contributed by atoms with van der Waals surface area (Å²) in [6.45, 7) is -0.561. The third-order valence-electron chi connectivity index (χ3n) is 5.32. The summed E-state index contributed by atoms with van der Waals surface area (Å²) in [5.74, 6) is -2.10. The number of esters is 1. The van der Waals surface area contributed by atoms with Gasteiger partial charge in [-0.05, 0) is 48.5 Å². The van der Waals surface area contributed by atoms with Crippen LogP contribution in [0.1, 0.15) is 20.7 Å². The van der Waals surface area contributed by atoms with Crippen molar-refractivity contribution in [1.29, 1.82) is 0 Å². The molecule has 4 aromatic rings. The summed E-state index contributed by atoms with van der Waals surface area (Å²) >= 11 is 12.1. The number of aromatic amines is 1. The zero-order chi connectivity index (χ0) is 26.7. The van der Waals surface area contributed by atoms with Crippen molar-refractivity contribution in [3.05, 3.63) is 103 Å². The number of ether oxygens (including phenoxy) is 1. The quantitative estimate of drug-likeness (QED) is 0.319. The van der Waals surface area contributed by atoms with E-state index in [1.54, 1.807) is 18.2 Å². The number of methoxy groups -OCH3 is 1. The molecular formula is C25H18Cl2N4O6. The van der Waals surface area contributed by atoms with E-state index < -0.39 is 35.4 Å². The summed E-state index contributed by atoms with van der Waals surface area (Å²) in [7, 11) is 1.16. The topological polar surface area (TPSA) is 139 Å². The van der Waals surface area contributed by atoms with E-state index in [2.05, 4.69) is 15.7 Å². The van der Waals surface area contributed by atoms with Gasteiger partial charge in [-0.3, -0.25) is 24.3 Å². The van der Waals surface area contributed by atoms with E-state index in [0.717, 1.165) is 11.8 Å². The van der Waals surface area contributed by atoms with Crippen molar-refractivity contribution in [3.63, 3.8) is 0 Å². The molecule has 188 valence electrons. The first kappa shape index (κ1) is 25.7. The fourth-order valence-corrected chi connectivity index (χ4v) is 3.89. The first-order chi connectivity index (χ1) is 17.7. The Bertz CT molecular complexity index is 1680. The molecule has 12 heteroatoms. The fourth-order valence-electron chi connectivity index (χ4n) is 3.56. The van der Waals surface area contributed by atoms with Gasteiger partial charge in [0.05, 0.1) is 39.8 Å². The number of hydrogen-bond acceptors (Lipinski definition) is 6. The van der Waals surface area contributed by atoms with Gasteiger partial charge in [0, 0.05) is 10.6 Å². The zero-order valence-corrected chi connectivity index (χ0v) is 20.6. The normalized spacial score (nSPS) is 10.7. The Labute approximate surface area is 218 Å². The number of anilines is 2. The summed E-state index contributed by atoms with van der Waals surface area (Å²) in [5.41, 5.74) is -0.858. The fraction of sp³-hybridized carbons (Fsp3) is 0.0800. The first-order valence-electron chi connectivity index (χ1n) is 10.7. The van der Waals surface area contributed by atoms with Gasteiger partial charge < -0.3 is 15.4 Å². The van der Waals surface area contributed by atoms with Gasteiger partial charge in [-0.1, -0.05) is 35.3 Å². The second-order valence-corrected chi connectivity index (χ2v) is 8.60. The predicted octanol–water partition coefficient (Wildman–Crippen LogP) is 3.67. The second kappa shape index (κ2) is 10.7. The number of H-pyrrole nitrogens is 1. The largest absolute Gasteiger partial charge is 0.465 e. The summed E-state index contributed by atoms with van der Waals surface area (Å²) in [6.07, 6.45) is 0. The molecule has 1 heterocycles. The molecule has 0 saturated carbocycles. The Morgan fingerprint density at radius 1 is 0.919 bits per heavy atom. The van der Waals surface area contributed by atoms with Crippen LogP contribution in [0.25, 0.3) is 10.8 Å². The molecule has 1 aromatic heterocycles. The maximum atomic E-state index is 12.8. The molecule has 10 nitrogen and oxygen atoms in total. The number of aromatic nitrogens is 2. The lowest BCUT2D eigenvalue weighted by atomic mass is 10.1. The molecule has 0 spiro atoms. The summed E-state index contributed by atoms with van der Waals surface area (Å²) < 4.78 is 5.62. The molecule has 0 radical (unpaired) electrons. The molecule has 2 amide bonds. The van der Waals surface area contributed by atoms with E-state index in [9.17, 15) is 24.0 Å². The number of benzene rings is 3. The Kier molecular flexibility index (Phi) is 7.42. The third kappa shape index (κ3) is 5.55. The highest BCUT2D eigenvalue weighted by atomic mass is 35.5. The standard InChI is InChI=1S/C25H18Cl2N4O6/c1-37-25(36)17-8-6-13(22(33)29-20-11-14(26)7-9-18(20)27)10-19(17)28-21(32)12-31-24(35)16-5-3-2-4-15(16)23(34)30-31/h2-11H,12H2,1H3,(H,28,32)(H,29,33)(H,30,34). The molecule has 0 aliphatic heterocycles. The Morgan fingerprint density at radius 2 is 1.65 bits per heavy atom. The van der Waals surface area contributed by atoms with E-state index in [-0.39, 0.29) is 38.3 Å². The van der Waals surface area contributed by atoms with Crippen LogP contribution in [0.3, 0.4) is 0 Å². The van der Waals surface area contributed by atoms with Crippen LogP contribution in [0.4, 0.5) is 11.4 Å². The minimum absolute atomic E-state index is 0.0347. The number of carbonyl (C=O) groups excluding carboxylic acids is 3. The molecule has 4 rings (SSSR count). The SMILES string of the molecule is COC(=O)c1ccc(C(=O)Nc2cc(Cl)ccc2Cl)cc1NC(=O)Cn1[nH]c(=O)c2ccccc2c1=O. The van der Waals surface area contributed by atoms with Crippen LogP contribution >= 0.6 is 23.2 Å². The van der Waals surface area contributed by atoms with Gasteiger partial charge in [0.25, 0.3) is 17.0 Å². The molecule has 0 fully saturated rings. The van der Waals surface area contributed by atoms with Gasteiger partial charge in [-0.2, -0.15) is 0 Å². The molecule has 0 bridgehead atoms. The number of amides is 2. The lowest BCUT2D eigenvalue weighted by molar-refractivity contribution is -0.117. The van der Waals surface area contributed by atoms with Crippen molar-refractivity contribution in [1.82, 2.24) is 9.78 Å². The highest BCUT2D eigenvalue weighted by molar-refractivity contribution is 6.36. The van der Waals surface area contributed by atoms with Crippen molar-refractivity contribution in [3.8, 4) is 0 Å². The van der Waals surface area contributed by atoms with E-state index in [1.165, 1.54) is 42.5 Å². The van der Waals surface area contributed by atoms with E-state index in [0.29, 0.717) is 5.02 Å². The lowest BCUT2D eigenvalue weighted by Crippen LogP contribution is -2.34. The van der Waals surface area contributed by atoms with E-state index >= 15 is 0 Å². The zero-order valence-electron chi connectivity index (χ0n) is 19.1. The number of nitrogens with zero attached hydrogens (tertiary/aromatic N) is 1. The molecule has 0 saturated heterocycles. The van der Waals surface area contributed by atoms with Crippen molar-refractivity contribution in [2.75, 3.05) is 17.7 Å². The maximum Gasteiger partial charge on any atom is 0.339 e. The van der Waals surface area contributed by atoms with Gasteiger partial charge >= 0.3 is 5.97 Å². The van der Waals surface area contributed by atoms with E-state index in [1.807, 2.05) is 0 Å². The molecule has 0 aliphatic rings. The highest BCUT2D eigenvalue weighted by Crippen LogP contribution is 2.27. The van der Waals surface area contributed by atoms with Gasteiger partial charge in [0.15, 0.2) is 0 Å². The highest BCUT2D eigenvalue weighted by Gasteiger charge is 2.19. The minimum atomic E-state index is -0.767. The van der Waals surface area contributed by atoms with Crippen LogP contribution in [-0.4, -0.2) is 34.7 Å². The van der Waals surface area contributed by atoms with Crippen LogP contribution in [0.2, 0.25) is 10.0 Å². The average molecular weight is 541 g/mol. The Morgan fingerprint density at radius 3 is 2.38 bits per heavy atom. The van der Waals surface area contributed by atoms with Gasteiger partial charge in [-0.15, -0.1) is 0 Å². The maximum absolute atomic E-state index is 12.8. The third-order valence-corrected chi connectivity index (χ3v) is 5.89. The van der Waals surface area contributed by atoms with Crippen LogP contribution < -0.4 is 21.8 Å². The minimum Gasteiger partial charge on any atom is -0.465 e. The summed E-state index contributed by atoms with van der Waals surface area (Å²) in [4.78, 5) is 63.0. The van der Waals surface area contributed by atoms with Crippen molar-refractivity contribution >= 4 is 63.1 Å². The summed E-state index contributed by atoms with van der Waals surface area (Å²) in [5, 5.41) is 8.42. The number of hydrogen-bond donors (Lipinski definition) is 3. The number of halogens is 2. The second-order valence-electron chi connectivity index (χ2n) is 7.76. The van der Waals surface area contributed by atoms with Crippen molar-refractivity contribution < 1.29 is 19.1 Å². The average Bonchev–Trinajstić information content (AvgIpc) is 2.88. The molecule has 37 heavy (non-hydrogen) atoms. The van der Waals surface area contributed by atoms with Crippen LogP contribution in [0, 0.1) is 0 Å². The van der Waals surface area contributed by atoms with Crippen LogP contribution in [-0.2, 0) is 16.1 Å². The first-order valence-corrected chi connectivity index (χ1v) is 11.4. The lowest BCUT2D eigenvalue weighted by Gasteiger charge is -2.13. The Hall–Kier alpha value is -4.41. The van der Waals surface area contributed by atoms with Gasteiger partial charge in [-0.25, -0.2) is 9.48 Å². The molecule has 3 N–H and O–H groups in total. The number of nitrogens with one attached hydrogen (secondary N) is 3. The number of fused-ring (bicyclic) bond motifs is 1. The van der Waals surface area contributed by atoms with Crippen molar-refractivity contribution in [2.45, 2.75) is 6.54 Å². The molecular weight excluding hydrogens is 523 g/mol. The molecule has 0 unspecified atom stereocenters. The summed E-state index contributed by atoms with van der Waals surface area (Å²) in [6, 6.07) is 14.7. The number of rotatable bonds is 6. The van der Waals surface area contributed by atoms with Crippen LogP contribution in [0.5, 0.6) is 0 Å².